The third-order valence-electron chi connectivity index (χ3n) is 2.32. The number of rotatable bonds is 3. The highest BCUT2D eigenvalue weighted by Gasteiger charge is 2.02. The highest BCUT2D eigenvalue weighted by molar-refractivity contribution is 9.10. The van der Waals surface area contributed by atoms with Gasteiger partial charge in [-0.05, 0) is 42.5 Å². The van der Waals surface area contributed by atoms with Crippen LogP contribution in [-0.4, -0.2) is 10.8 Å². The third-order valence-corrected chi connectivity index (χ3v) is 2.81. The highest BCUT2D eigenvalue weighted by atomic mass is 79.9. The summed E-state index contributed by atoms with van der Waals surface area (Å²) in [6, 6.07) is 7.91. The van der Waals surface area contributed by atoms with Gasteiger partial charge < -0.3 is 0 Å². The zero-order chi connectivity index (χ0) is 13.0. The van der Waals surface area contributed by atoms with Crippen molar-refractivity contribution < 1.29 is 9.18 Å². The van der Waals surface area contributed by atoms with E-state index < -0.39 is 0 Å². The Morgan fingerprint density at radius 1 is 1.33 bits per heavy atom. The molecule has 0 aliphatic heterocycles. The minimum atomic E-state index is -0.367. The second-order valence-corrected chi connectivity index (χ2v) is 4.52. The summed E-state index contributed by atoms with van der Waals surface area (Å²) in [6.07, 6.45) is 5.86. The number of benzene rings is 1. The summed E-state index contributed by atoms with van der Waals surface area (Å²) in [6.45, 7) is 0. The maximum atomic E-state index is 13.4. The van der Waals surface area contributed by atoms with Gasteiger partial charge in [-0.25, -0.2) is 4.39 Å². The number of aromatic nitrogens is 1. The molecule has 0 radical (unpaired) electrons. The van der Waals surface area contributed by atoms with Crippen molar-refractivity contribution in [1.29, 1.82) is 0 Å². The van der Waals surface area contributed by atoms with E-state index in [0.717, 1.165) is 4.47 Å². The van der Waals surface area contributed by atoms with Gasteiger partial charge in [-0.2, -0.15) is 0 Å². The lowest BCUT2D eigenvalue weighted by molar-refractivity contribution is 0.104. The van der Waals surface area contributed by atoms with Crippen LogP contribution in [-0.2, 0) is 0 Å². The number of carbonyl (C=O) groups is 1. The molecular weight excluding hydrogens is 297 g/mol. The Hall–Kier alpha value is -1.81. The molecule has 0 fully saturated rings. The molecule has 0 N–H and O–H groups in total. The molecule has 0 aliphatic rings. The Bertz CT molecular complexity index is 596. The summed E-state index contributed by atoms with van der Waals surface area (Å²) >= 11 is 3.25. The van der Waals surface area contributed by atoms with Crippen molar-refractivity contribution in [2.24, 2.45) is 0 Å². The van der Waals surface area contributed by atoms with E-state index >= 15 is 0 Å². The lowest BCUT2D eigenvalue weighted by atomic mass is 10.1. The Balaban J connectivity index is 2.21. The molecule has 90 valence electrons. The first kappa shape index (κ1) is 12.6. The van der Waals surface area contributed by atoms with Crippen LogP contribution in [0.25, 0.3) is 6.08 Å². The fourth-order valence-electron chi connectivity index (χ4n) is 1.41. The van der Waals surface area contributed by atoms with Crippen molar-refractivity contribution in [3.63, 3.8) is 0 Å². The van der Waals surface area contributed by atoms with Crippen LogP contribution in [0.1, 0.15) is 15.9 Å². The standard InChI is InChI=1S/C14H9BrFNO/c15-12-4-5-13(16)10(8-12)3-6-14(18)11-2-1-7-17-9-11/h1-9H/b6-3+. The molecular formula is C14H9BrFNO. The zero-order valence-electron chi connectivity index (χ0n) is 9.31. The number of hydrogen-bond acceptors (Lipinski definition) is 2. The molecule has 0 unspecified atom stereocenters. The molecule has 2 aromatic rings. The minimum absolute atomic E-state index is 0.206. The van der Waals surface area contributed by atoms with Crippen LogP contribution in [0.5, 0.6) is 0 Å². The molecule has 1 aromatic carbocycles. The average Bonchev–Trinajstić information content (AvgIpc) is 2.40. The molecule has 0 aliphatic carbocycles. The molecule has 1 heterocycles. The normalized spacial score (nSPS) is 10.8. The number of carbonyl (C=O) groups excluding carboxylic acids is 1. The van der Waals surface area contributed by atoms with E-state index in [1.165, 1.54) is 24.4 Å². The average molecular weight is 306 g/mol. The maximum absolute atomic E-state index is 13.4. The van der Waals surface area contributed by atoms with Crippen LogP contribution >= 0.6 is 15.9 Å². The Morgan fingerprint density at radius 3 is 2.89 bits per heavy atom. The first-order chi connectivity index (χ1) is 8.66. The predicted octanol–water partition coefficient (Wildman–Crippen LogP) is 3.88. The van der Waals surface area contributed by atoms with Crippen LogP contribution in [0, 0.1) is 5.82 Å². The van der Waals surface area contributed by atoms with Crippen molar-refractivity contribution >= 4 is 27.8 Å². The van der Waals surface area contributed by atoms with Crippen LogP contribution < -0.4 is 0 Å². The van der Waals surface area contributed by atoms with E-state index in [2.05, 4.69) is 20.9 Å². The number of halogens is 2. The molecule has 4 heteroatoms. The van der Waals surface area contributed by atoms with Crippen molar-refractivity contribution in [1.82, 2.24) is 4.98 Å². The van der Waals surface area contributed by atoms with Gasteiger partial charge in [0.25, 0.3) is 0 Å². The molecule has 0 bridgehead atoms. The molecule has 0 saturated heterocycles. The van der Waals surface area contributed by atoms with Crippen molar-refractivity contribution in [3.8, 4) is 0 Å². The van der Waals surface area contributed by atoms with Gasteiger partial charge >= 0.3 is 0 Å². The summed E-state index contributed by atoms with van der Waals surface area (Å²) in [5.41, 5.74) is 0.839. The molecule has 0 amide bonds. The summed E-state index contributed by atoms with van der Waals surface area (Å²) < 4.78 is 14.2. The second-order valence-electron chi connectivity index (χ2n) is 3.61. The molecule has 2 nitrogen and oxygen atoms in total. The van der Waals surface area contributed by atoms with Crippen molar-refractivity contribution in [2.45, 2.75) is 0 Å². The van der Waals surface area contributed by atoms with Crippen molar-refractivity contribution in [2.75, 3.05) is 0 Å². The van der Waals surface area contributed by atoms with Crippen LogP contribution in [0.3, 0.4) is 0 Å². The first-order valence-corrected chi connectivity index (χ1v) is 6.03. The summed E-state index contributed by atoms with van der Waals surface area (Å²) in [4.78, 5) is 15.6. The van der Waals surface area contributed by atoms with E-state index in [1.54, 1.807) is 30.5 Å². The molecule has 2 rings (SSSR count). The van der Waals surface area contributed by atoms with Gasteiger partial charge in [0.1, 0.15) is 5.82 Å². The summed E-state index contributed by atoms with van der Waals surface area (Å²) in [5, 5.41) is 0. The number of ketones is 1. The van der Waals surface area contributed by atoms with Gasteiger partial charge in [0, 0.05) is 28.0 Å². The van der Waals surface area contributed by atoms with Gasteiger partial charge in [-0.15, -0.1) is 0 Å². The summed E-state index contributed by atoms with van der Waals surface area (Å²) in [5.74, 6) is -0.573. The zero-order valence-corrected chi connectivity index (χ0v) is 10.9. The lowest BCUT2D eigenvalue weighted by Gasteiger charge is -1.98. The van der Waals surface area contributed by atoms with Crippen molar-refractivity contribution in [3.05, 3.63) is 70.2 Å². The Kier molecular flexibility index (Phi) is 3.99. The van der Waals surface area contributed by atoms with Gasteiger partial charge in [-0.3, -0.25) is 9.78 Å². The monoisotopic (exact) mass is 305 g/mol. The second kappa shape index (κ2) is 5.69. The molecule has 0 spiro atoms. The number of hydrogen-bond donors (Lipinski definition) is 0. The fraction of sp³-hybridized carbons (Fsp3) is 0. The van der Waals surface area contributed by atoms with Gasteiger partial charge in [0.05, 0.1) is 0 Å². The van der Waals surface area contributed by atoms with E-state index in [-0.39, 0.29) is 11.6 Å². The first-order valence-electron chi connectivity index (χ1n) is 5.24. The number of nitrogens with zero attached hydrogens (tertiary/aromatic N) is 1. The molecule has 0 atom stereocenters. The SMILES string of the molecule is O=C(/C=C/c1cc(Br)ccc1F)c1cccnc1. The number of pyridine rings is 1. The largest absolute Gasteiger partial charge is 0.289 e. The lowest BCUT2D eigenvalue weighted by Crippen LogP contribution is -1.94. The smallest absolute Gasteiger partial charge is 0.187 e. The molecule has 1 aromatic heterocycles. The quantitative estimate of drug-likeness (QED) is 0.636. The Labute approximate surface area is 112 Å². The number of allylic oxidation sites excluding steroid dienone is 1. The van der Waals surface area contributed by atoms with E-state index in [9.17, 15) is 9.18 Å². The van der Waals surface area contributed by atoms with Gasteiger partial charge in [0.15, 0.2) is 5.78 Å². The molecule has 0 saturated carbocycles. The topological polar surface area (TPSA) is 30.0 Å². The Morgan fingerprint density at radius 2 is 2.17 bits per heavy atom. The van der Waals surface area contributed by atoms with Crippen LogP contribution in [0.4, 0.5) is 4.39 Å². The molecule has 18 heavy (non-hydrogen) atoms. The highest BCUT2D eigenvalue weighted by Crippen LogP contribution is 2.17. The fourth-order valence-corrected chi connectivity index (χ4v) is 1.79. The predicted molar refractivity (Wildman–Crippen MR) is 71.7 cm³/mol. The maximum Gasteiger partial charge on any atom is 0.187 e. The van der Waals surface area contributed by atoms with Crippen LogP contribution in [0.15, 0.2) is 53.3 Å². The van der Waals surface area contributed by atoms with Gasteiger partial charge in [-0.1, -0.05) is 15.9 Å². The van der Waals surface area contributed by atoms with Gasteiger partial charge in [0.2, 0.25) is 0 Å². The van der Waals surface area contributed by atoms with E-state index in [0.29, 0.717) is 11.1 Å². The minimum Gasteiger partial charge on any atom is -0.289 e. The summed E-state index contributed by atoms with van der Waals surface area (Å²) in [7, 11) is 0. The van der Waals surface area contributed by atoms with E-state index in [4.69, 9.17) is 0 Å². The third kappa shape index (κ3) is 3.11. The van der Waals surface area contributed by atoms with E-state index in [1.807, 2.05) is 0 Å². The van der Waals surface area contributed by atoms with Crippen LogP contribution in [0.2, 0.25) is 0 Å².